The number of hydrogen-bond donors (Lipinski definition) is 1. The van der Waals surface area contributed by atoms with Crippen molar-refractivity contribution in [2.24, 2.45) is 7.05 Å². The Hall–Kier alpha value is -2.44. The molecule has 1 heterocycles. The second-order valence-electron chi connectivity index (χ2n) is 4.50. The molecule has 1 N–H and O–H groups in total. The van der Waals surface area contributed by atoms with Crippen molar-refractivity contribution in [1.82, 2.24) is 9.78 Å². The van der Waals surface area contributed by atoms with Crippen molar-refractivity contribution >= 4 is 11.4 Å². The highest BCUT2D eigenvalue weighted by molar-refractivity contribution is 5.63. The van der Waals surface area contributed by atoms with Crippen LogP contribution in [0.3, 0.4) is 0 Å². The van der Waals surface area contributed by atoms with Crippen molar-refractivity contribution in [3.8, 4) is 0 Å². The first kappa shape index (κ1) is 14.0. The van der Waals surface area contributed by atoms with Crippen LogP contribution in [-0.2, 0) is 13.5 Å². The molecule has 0 fully saturated rings. The maximum absolute atomic E-state index is 13.4. The number of benzene rings is 1. The second-order valence-corrected chi connectivity index (χ2v) is 4.50. The van der Waals surface area contributed by atoms with Gasteiger partial charge in [-0.05, 0) is 24.6 Å². The Bertz CT molecular complexity index is 639. The van der Waals surface area contributed by atoms with Crippen LogP contribution in [0.2, 0.25) is 0 Å². The zero-order valence-electron chi connectivity index (χ0n) is 11.3. The molecule has 0 unspecified atom stereocenters. The molecule has 106 valence electrons. The van der Waals surface area contributed by atoms with Crippen molar-refractivity contribution in [3.63, 3.8) is 0 Å². The monoisotopic (exact) mass is 278 g/mol. The minimum absolute atomic E-state index is 0.252. The molecule has 0 aliphatic heterocycles. The van der Waals surface area contributed by atoms with Gasteiger partial charge in [-0.25, -0.2) is 4.39 Å². The molecule has 2 rings (SSSR count). The summed E-state index contributed by atoms with van der Waals surface area (Å²) in [4.78, 5) is 10.3. The summed E-state index contributed by atoms with van der Waals surface area (Å²) in [6.07, 6.45) is 2.36. The number of halogens is 1. The predicted octanol–water partition coefficient (Wildman–Crippen LogP) is 2.43. The minimum atomic E-state index is -0.588. The third-order valence-electron chi connectivity index (χ3n) is 3.09. The van der Waals surface area contributed by atoms with E-state index in [-0.39, 0.29) is 5.69 Å². The van der Waals surface area contributed by atoms with E-state index in [2.05, 4.69) is 10.4 Å². The van der Waals surface area contributed by atoms with E-state index < -0.39 is 10.7 Å². The first-order valence-corrected chi connectivity index (χ1v) is 6.14. The summed E-state index contributed by atoms with van der Waals surface area (Å²) in [5.74, 6) is -0.575. The van der Waals surface area contributed by atoms with Gasteiger partial charge in [0.1, 0.15) is 11.5 Å². The molecule has 6 nitrogen and oxygen atoms in total. The summed E-state index contributed by atoms with van der Waals surface area (Å²) in [6, 6.07) is 4.28. The van der Waals surface area contributed by atoms with Crippen molar-refractivity contribution in [2.45, 2.75) is 13.3 Å². The summed E-state index contributed by atoms with van der Waals surface area (Å²) in [6.45, 7) is 2.08. The quantitative estimate of drug-likeness (QED) is 0.673. The van der Waals surface area contributed by atoms with E-state index in [0.29, 0.717) is 24.2 Å². The second kappa shape index (κ2) is 5.68. The summed E-state index contributed by atoms with van der Waals surface area (Å²) in [5, 5.41) is 17.9. The van der Waals surface area contributed by atoms with Crippen LogP contribution >= 0.6 is 0 Å². The van der Waals surface area contributed by atoms with Gasteiger partial charge < -0.3 is 5.32 Å². The van der Waals surface area contributed by atoms with E-state index in [1.165, 1.54) is 6.07 Å². The number of nitro groups is 1. The number of anilines is 1. The number of nitrogens with one attached hydrogen (secondary N) is 1. The van der Waals surface area contributed by atoms with Gasteiger partial charge in [-0.15, -0.1) is 0 Å². The average Bonchev–Trinajstić information content (AvgIpc) is 2.79. The van der Waals surface area contributed by atoms with Crippen LogP contribution in [0, 0.1) is 22.9 Å². The summed E-state index contributed by atoms with van der Waals surface area (Å²) in [5.41, 5.74) is 1.46. The maximum Gasteiger partial charge on any atom is 0.295 e. The van der Waals surface area contributed by atoms with Crippen LogP contribution < -0.4 is 5.32 Å². The van der Waals surface area contributed by atoms with Crippen molar-refractivity contribution in [1.29, 1.82) is 0 Å². The molecular formula is C13H15FN4O2. The normalized spacial score (nSPS) is 10.6. The molecule has 0 atom stereocenters. The predicted molar refractivity (Wildman–Crippen MR) is 73.2 cm³/mol. The topological polar surface area (TPSA) is 73.0 Å². The molecule has 0 saturated carbocycles. The first-order chi connectivity index (χ1) is 9.49. The van der Waals surface area contributed by atoms with Crippen molar-refractivity contribution in [2.75, 3.05) is 11.9 Å². The molecule has 0 saturated heterocycles. The van der Waals surface area contributed by atoms with Crippen LogP contribution in [-0.4, -0.2) is 21.2 Å². The molecule has 0 amide bonds. The molecule has 0 radical (unpaired) electrons. The third kappa shape index (κ3) is 2.93. The Labute approximate surface area is 115 Å². The number of aromatic nitrogens is 2. The minimum Gasteiger partial charge on any atom is -0.379 e. The van der Waals surface area contributed by atoms with Gasteiger partial charge in [-0.2, -0.15) is 5.10 Å². The van der Waals surface area contributed by atoms with E-state index >= 15 is 0 Å². The molecule has 7 heteroatoms. The smallest absolute Gasteiger partial charge is 0.295 e. The maximum atomic E-state index is 13.4. The van der Waals surface area contributed by atoms with Crippen molar-refractivity contribution in [3.05, 3.63) is 51.6 Å². The highest BCUT2D eigenvalue weighted by atomic mass is 19.1. The molecule has 20 heavy (non-hydrogen) atoms. The number of nitrogens with zero attached hydrogens (tertiary/aromatic N) is 3. The largest absolute Gasteiger partial charge is 0.379 e. The number of rotatable bonds is 5. The van der Waals surface area contributed by atoms with Gasteiger partial charge in [0.15, 0.2) is 0 Å². The lowest BCUT2D eigenvalue weighted by Gasteiger charge is -2.09. The van der Waals surface area contributed by atoms with Gasteiger partial charge >= 0.3 is 0 Å². The van der Waals surface area contributed by atoms with E-state index in [1.54, 1.807) is 17.8 Å². The van der Waals surface area contributed by atoms with E-state index in [4.69, 9.17) is 0 Å². The Morgan fingerprint density at radius 2 is 2.25 bits per heavy atom. The fourth-order valence-corrected chi connectivity index (χ4v) is 1.94. The zero-order valence-corrected chi connectivity index (χ0v) is 11.3. The SMILES string of the molecule is Cc1cc(NCCc2ccnn2C)c([N+](=O)[O-])cc1F. The molecule has 0 aliphatic carbocycles. The lowest BCUT2D eigenvalue weighted by Crippen LogP contribution is -2.10. The highest BCUT2D eigenvalue weighted by Gasteiger charge is 2.16. The molecule has 0 bridgehead atoms. The summed E-state index contributed by atoms with van der Waals surface area (Å²) >= 11 is 0. The number of aryl methyl sites for hydroxylation is 2. The Morgan fingerprint density at radius 3 is 2.85 bits per heavy atom. The van der Waals surface area contributed by atoms with E-state index in [1.807, 2.05) is 13.1 Å². The van der Waals surface area contributed by atoms with Crippen LogP contribution in [0.1, 0.15) is 11.3 Å². The molecular weight excluding hydrogens is 263 g/mol. The van der Waals surface area contributed by atoms with Gasteiger partial charge in [0.05, 0.1) is 11.0 Å². The van der Waals surface area contributed by atoms with E-state index in [0.717, 1.165) is 11.8 Å². The summed E-state index contributed by atoms with van der Waals surface area (Å²) < 4.78 is 15.1. The van der Waals surface area contributed by atoms with Crippen LogP contribution in [0.25, 0.3) is 0 Å². The van der Waals surface area contributed by atoms with Gasteiger partial charge in [0.25, 0.3) is 5.69 Å². The number of hydrogen-bond acceptors (Lipinski definition) is 4. The van der Waals surface area contributed by atoms with Crippen LogP contribution in [0.5, 0.6) is 0 Å². The Balaban J connectivity index is 2.11. The van der Waals surface area contributed by atoms with E-state index in [9.17, 15) is 14.5 Å². The lowest BCUT2D eigenvalue weighted by atomic mass is 10.1. The van der Waals surface area contributed by atoms with Gasteiger partial charge in [0.2, 0.25) is 0 Å². The molecule has 0 aliphatic rings. The first-order valence-electron chi connectivity index (χ1n) is 6.14. The summed E-state index contributed by atoms with van der Waals surface area (Å²) in [7, 11) is 1.83. The molecule has 1 aromatic heterocycles. The van der Waals surface area contributed by atoms with Crippen LogP contribution in [0.15, 0.2) is 24.4 Å². The average molecular weight is 278 g/mol. The standard InChI is InChI=1S/C13H15FN4O2/c1-9-7-12(13(18(19)20)8-11(9)14)15-5-3-10-4-6-16-17(10)2/h4,6-8,15H,3,5H2,1-2H3. The fourth-order valence-electron chi connectivity index (χ4n) is 1.94. The van der Waals surface area contributed by atoms with Crippen molar-refractivity contribution < 1.29 is 9.31 Å². The van der Waals surface area contributed by atoms with Gasteiger partial charge in [-0.1, -0.05) is 0 Å². The Morgan fingerprint density at radius 1 is 1.50 bits per heavy atom. The Kier molecular flexibility index (Phi) is 3.97. The zero-order chi connectivity index (χ0) is 14.7. The van der Waals surface area contributed by atoms with Gasteiger partial charge in [0, 0.05) is 31.9 Å². The highest BCUT2D eigenvalue weighted by Crippen LogP contribution is 2.27. The molecule has 1 aromatic carbocycles. The molecule has 2 aromatic rings. The fraction of sp³-hybridized carbons (Fsp3) is 0.308. The molecule has 0 spiro atoms. The van der Waals surface area contributed by atoms with Gasteiger partial charge in [-0.3, -0.25) is 14.8 Å². The van der Waals surface area contributed by atoms with Crippen LogP contribution in [0.4, 0.5) is 15.8 Å². The lowest BCUT2D eigenvalue weighted by molar-refractivity contribution is -0.384. The third-order valence-corrected chi connectivity index (χ3v) is 3.09. The number of nitro benzene ring substituents is 1.